The molecule has 0 saturated carbocycles. The molecule has 0 spiro atoms. The van der Waals surface area contributed by atoms with E-state index in [4.69, 9.17) is 4.74 Å². The van der Waals surface area contributed by atoms with Gasteiger partial charge in [-0.25, -0.2) is 4.79 Å². The molecule has 7 heteroatoms. The van der Waals surface area contributed by atoms with E-state index in [2.05, 4.69) is 5.32 Å². The van der Waals surface area contributed by atoms with Crippen molar-refractivity contribution in [2.75, 3.05) is 0 Å². The molecule has 0 aliphatic carbocycles. The van der Waals surface area contributed by atoms with Crippen LogP contribution in [0.5, 0.6) is 0 Å². The van der Waals surface area contributed by atoms with Crippen LogP contribution in [0.2, 0.25) is 0 Å². The van der Waals surface area contributed by atoms with Crippen molar-refractivity contribution in [3.05, 3.63) is 70.8 Å². The van der Waals surface area contributed by atoms with Crippen LogP contribution < -0.4 is 5.32 Å². The van der Waals surface area contributed by atoms with Gasteiger partial charge in [0.05, 0.1) is 23.2 Å². The van der Waals surface area contributed by atoms with E-state index in [1.807, 2.05) is 51.1 Å². The second-order valence-electron chi connectivity index (χ2n) is 8.23. The van der Waals surface area contributed by atoms with Crippen LogP contribution in [0.15, 0.2) is 48.5 Å². The van der Waals surface area contributed by atoms with Crippen LogP contribution >= 0.6 is 0 Å². The van der Waals surface area contributed by atoms with E-state index in [1.54, 1.807) is 0 Å². The summed E-state index contributed by atoms with van der Waals surface area (Å²) < 4.78 is 5.23. The SMILES string of the molecule is CC(OC(=O)c1ccc2c(c1)C(=O)N(Cc1ccccc1)C2=O)C(=O)NC(C)(C)C. The monoisotopic (exact) mass is 408 g/mol. The van der Waals surface area contributed by atoms with Gasteiger partial charge in [-0.2, -0.15) is 0 Å². The zero-order valence-corrected chi connectivity index (χ0v) is 17.4. The molecule has 1 aliphatic rings. The summed E-state index contributed by atoms with van der Waals surface area (Å²) in [6.07, 6.45) is -1.00. The molecule has 1 aliphatic heterocycles. The smallest absolute Gasteiger partial charge is 0.338 e. The molecular weight excluding hydrogens is 384 g/mol. The predicted molar refractivity (Wildman–Crippen MR) is 110 cm³/mol. The van der Waals surface area contributed by atoms with Crippen LogP contribution in [0, 0.1) is 0 Å². The summed E-state index contributed by atoms with van der Waals surface area (Å²) in [5.41, 5.74) is 0.862. The molecule has 1 unspecified atom stereocenters. The number of amides is 3. The Morgan fingerprint density at radius 2 is 1.63 bits per heavy atom. The van der Waals surface area contributed by atoms with E-state index < -0.39 is 35.3 Å². The number of hydrogen-bond acceptors (Lipinski definition) is 5. The molecule has 0 bridgehead atoms. The van der Waals surface area contributed by atoms with Crippen molar-refractivity contribution in [3.63, 3.8) is 0 Å². The van der Waals surface area contributed by atoms with E-state index in [1.165, 1.54) is 25.1 Å². The van der Waals surface area contributed by atoms with Crippen molar-refractivity contribution in [2.24, 2.45) is 0 Å². The third-order valence-corrected chi connectivity index (χ3v) is 4.54. The maximum Gasteiger partial charge on any atom is 0.338 e. The van der Waals surface area contributed by atoms with E-state index >= 15 is 0 Å². The molecule has 0 saturated heterocycles. The number of hydrogen-bond donors (Lipinski definition) is 1. The van der Waals surface area contributed by atoms with Gasteiger partial charge in [0.15, 0.2) is 6.10 Å². The Morgan fingerprint density at radius 3 is 2.27 bits per heavy atom. The van der Waals surface area contributed by atoms with Crippen molar-refractivity contribution in [1.29, 1.82) is 0 Å². The van der Waals surface area contributed by atoms with Crippen LogP contribution in [-0.2, 0) is 16.1 Å². The molecule has 2 aromatic rings. The lowest BCUT2D eigenvalue weighted by atomic mass is 10.1. The van der Waals surface area contributed by atoms with Gasteiger partial charge in [-0.1, -0.05) is 30.3 Å². The number of nitrogens with zero attached hydrogens (tertiary/aromatic N) is 1. The van der Waals surface area contributed by atoms with Crippen LogP contribution in [0.25, 0.3) is 0 Å². The molecule has 3 rings (SSSR count). The van der Waals surface area contributed by atoms with Crippen molar-refractivity contribution < 1.29 is 23.9 Å². The quantitative estimate of drug-likeness (QED) is 0.607. The standard InChI is InChI=1S/C23H24N2O5/c1-14(19(26)24-23(2,3)4)30-22(29)16-10-11-17-18(12-16)21(28)25(20(17)27)13-15-8-6-5-7-9-15/h5-12,14H,13H2,1-4H3,(H,24,26). The Morgan fingerprint density at radius 1 is 1.00 bits per heavy atom. The third kappa shape index (κ3) is 4.56. The number of imide groups is 1. The maximum absolute atomic E-state index is 12.8. The highest BCUT2D eigenvalue weighted by Crippen LogP contribution is 2.26. The summed E-state index contributed by atoms with van der Waals surface area (Å²) in [5, 5.41) is 2.74. The lowest BCUT2D eigenvalue weighted by Crippen LogP contribution is -2.46. The summed E-state index contributed by atoms with van der Waals surface area (Å²) >= 11 is 0. The number of benzene rings is 2. The lowest BCUT2D eigenvalue weighted by Gasteiger charge is -2.23. The Bertz CT molecular complexity index is 1010. The van der Waals surface area contributed by atoms with Crippen LogP contribution in [0.4, 0.5) is 0 Å². The van der Waals surface area contributed by atoms with Crippen molar-refractivity contribution in [1.82, 2.24) is 10.2 Å². The molecule has 1 atom stereocenters. The summed E-state index contributed by atoms with van der Waals surface area (Å²) in [4.78, 5) is 51.1. The topological polar surface area (TPSA) is 92.8 Å². The first-order chi connectivity index (χ1) is 14.1. The largest absolute Gasteiger partial charge is 0.449 e. The maximum atomic E-state index is 12.8. The molecule has 0 fully saturated rings. The first kappa shape index (κ1) is 21.2. The van der Waals surface area contributed by atoms with E-state index in [0.717, 1.165) is 10.5 Å². The van der Waals surface area contributed by atoms with Gasteiger partial charge in [-0.3, -0.25) is 19.3 Å². The molecule has 2 aromatic carbocycles. The van der Waals surface area contributed by atoms with E-state index in [0.29, 0.717) is 0 Å². The molecule has 0 aromatic heterocycles. The Labute approximate surface area is 175 Å². The minimum atomic E-state index is -1.00. The summed E-state index contributed by atoms with van der Waals surface area (Å²) in [7, 11) is 0. The number of ether oxygens (including phenoxy) is 1. The Balaban J connectivity index is 1.74. The van der Waals surface area contributed by atoms with Crippen LogP contribution in [0.1, 0.15) is 64.3 Å². The zero-order valence-electron chi connectivity index (χ0n) is 17.4. The first-order valence-electron chi connectivity index (χ1n) is 9.64. The average Bonchev–Trinajstić information content (AvgIpc) is 2.92. The number of esters is 1. The van der Waals surface area contributed by atoms with Gasteiger partial charge in [0.2, 0.25) is 0 Å². The summed E-state index contributed by atoms with van der Waals surface area (Å²) in [6, 6.07) is 13.4. The number of nitrogens with one attached hydrogen (secondary N) is 1. The molecule has 7 nitrogen and oxygen atoms in total. The van der Waals surface area contributed by atoms with Gasteiger partial charge in [0.25, 0.3) is 17.7 Å². The summed E-state index contributed by atoms with van der Waals surface area (Å²) in [5.74, 6) is -2.03. The fourth-order valence-electron chi connectivity index (χ4n) is 3.08. The second kappa shape index (κ2) is 8.10. The molecule has 3 amide bonds. The number of fused-ring (bicyclic) bond motifs is 1. The normalized spacial score (nSPS) is 14.3. The lowest BCUT2D eigenvalue weighted by molar-refractivity contribution is -0.130. The third-order valence-electron chi connectivity index (χ3n) is 4.54. The van der Waals surface area contributed by atoms with Gasteiger partial charge in [0, 0.05) is 5.54 Å². The number of carbonyl (C=O) groups is 4. The van der Waals surface area contributed by atoms with E-state index in [-0.39, 0.29) is 23.2 Å². The highest BCUT2D eigenvalue weighted by molar-refractivity contribution is 6.21. The second-order valence-corrected chi connectivity index (χ2v) is 8.23. The van der Waals surface area contributed by atoms with Gasteiger partial charge in [-0.15, -0.1) is 0 Å². The number of rotatable bonds is 5. The van der Waals surface area contributed by atoms with Crippen molar-refractivity contribution >= 4 is 23.7 Å². The zero-order chi connectivity index (χ0) is 22.1. The fourth-order valence-corrected chi connectivity index (χ4v) is 3.08. The van der Waals surface area contributed by atoms with Gasteiger partial charge in [0.1, 0.15) is 0 Å². The van der Waals surface area contributed by atoms with Crippen molar-refractivity contribution in [2.45, 2.75) is 45.9 Å². The highest BCUT2D eigenvalue weighted by atomic mass is 16.5. The Kier molecular flexibility index (Phi) is 5.73. The Hall–Kier alpha value is -3.48. The van der Waals surface area contributed by atoms with Gasteiger partial charge >= 0.3 is 5.97 Å². The molecule has 156 valence electrons. The minimum Gasteiger partial charge on any atom is -0.449 e. The van der Waals surface area contributed by atoms with E-state index in [9.17, 15) is 19.2 Å². The molecular formula is C23H24N2O5. The first-order valence-corrected chi connectivity index (χ1v) is 9.64. The predicted octanol–water partition coefficient (Wildman–Crippen LogP) is 2.94. The summed E-state index contributed by atoms with van der Waals surface area (Å²) in [6.45, 7) is 7.09. The van der Waals surface area contributed by atoms with Crippen LogP contribution in [-0.4, -0.2) is 40.2 Å². The molecule has 1 heterocycles. The average molecular weight is 408 g/mol. The molecule has 30 heavy (non-hydrogen) atoms. The van der Waals surface area contributed by atoms with Gasteiger partial charge in [-0.05, 0) is 51.5 Å². The van der Waals surface area contributed by atoms with Gasteiger partial charge < -0.3 is 10.1 Å². The molecule has 1 N–H and O–H groups in total. The van der Waals surface area contributed by atoms with Crippen LogP contribution in [0.3, 0.4) is 0 Å². The molecule has 0 radical (unpaired) electrons. The fraction of sp³-hybridized carbons (Fsp3) is 0.304. The number of carbonyl (C=O) groups excluding carboxylic acids is 4. The minimum absolute atomic E-state index is 0.104. The van der Waals surface area contributed by atoms with Crippen molar-refractivity contribution in [3.8, 4) is 0 Å². The highest BCUT2D eigenvalue weighted by Gasteiger charge is 2.36.